The topological polar surface area (TPSA) is 32.3 Å². The molecule has 1 atom stereocenters. The van der Waals surface area contributed by atoms with E-state index in [1.54, 1.807) is 11.3 Å². The third-order valence-electron chi connectivity index (χ3n) is 1.62. The fourth-order valence-corrected chi connectivity index (χ4v) is 2.52. The molecule has 0 saturated heterocycles. The van der Waals surface area contributed by atoms with Crippen LogP contribution in [0.5, 0.6) is 0 Å². The molecule has 0 aromatic carbocycles. The summed E-state index contributed by atoms with van der Waals surface area (Å²) in [4.78, 5) is 0.976. The molecule has 0 aliphatic carbocycles. The summed E-state index contributed by atoms with van der Waals surface area (Å²) in [6.07, 6.45) is 0. The van der Waals surface area contributed by atoms with Gasteiger partial charge in [0, 0.05) is 21.3 Å². The summed E-state index contributed by atoms with van der Waals surface area (Å²) in [7, 11) is 1.83. The lowest BCUT2D eigenvalue weighted by Gasteiger charge is -2.20. The Morgan fingerprint density at radius 1 is 1.75 bits per heavy atom. The maximum Gasteiger partial charge on any atom is 0.108 e. The highest BCUT2D eigenvalue weighted by Crippen LogP contribution is 2.29. The predicted octanol–water partition coefficient (Wildman–Crippen LogP) is 1.94. The van der Waals surface area contributed by atoms with Gasteiger partial charge in [-0.2, -0.15) is 0 Å². The van der Waals surface area contributed by atoms with Crippen LogP contribution in [0, 0.1) is 0 Å². The highest BCUT2D eigenvalue weighted by molar-refractivity contribution is 9.10. The van der Waals surface area contributed by atoms with Gasteiger partial charge in [-0.3, -0.25) is 0 Å². The van der Waals surface area contributed by atoms with Gasteiger partial charge in [0.15, 0.2) is 0 Å². The van der Waals surface area contributed by atoms with E-state index < -0.39 is 5.60 Å². The van der Waals surface area contributed by atoms with Crippen LogP contribution >= 0.6 is 27.3 Å². The van der Waals surface area contributed by atoms with Crippen molar-refractivity contribution in [2.24, 2.45) is 0 Å². The summed E-state index contributed by atoms with van der Waals surface area (Å²) < 4.78 is 1.03. The van der Waals surface area contributed by atoms with E-state index in [4.69, 9.17) is 0 Å². The number of rotatable bonds is 3. The number of hydrogen-bond acceptors (Lipinski definition) is 3. The van der Waals surface area contributed by atoms with Crippen molar-refractivity contribution in [2.75, 3.05) is 13.6 Å². The molecule has 68 valence electrons. The van der Waals surface area contributed by atoms with Gasteiger partial charge in [0.25, 0.3) is 0 Å². The SMILES string of the molecule is CNCC(C)(O)c1cc(Br)cs1. The fraction of sp³-hybridized carbons (Fsp3) is 0.500. The minimum atomic E-state index is -0.758. The standard InChI is InChI=1S/C8H12BrNOS/c1-8(11,5-10-2)7-3-6(9)4-12-7/h3-4,10-11H,5H2,1-2H3. The number of halogens is 1. The lowest BCUT2D eigenvalue weighted by molar-refractivity contribution is 0.0629. The molecule has 2 N–H and O–H groups in total. The van der Waals surface area contributed by atoms with Crippen LogP contribution < -0.4 is 5.32 Å². The van der Waals surface area contributed by atoms with Gasteiger partial charge in [0.1, 0.15) is 5.60 Å². The zero-order chi connectivity index (χ0) is 9.19. The lowest BCUT2D eigenvalue weighted by atomic mass is 10.1. The first-order valence-corrected chi connectivity index (χ1v) is 5.35. The Kier molecular flexibility index (Phi) is 3.29. The van der Waals surface area contributed by atoms with Crippen molar-refractivity contribution >= 4 is 27.3 Å². The van der Waals surface area contributed by atoms with Crippen LogP contribution in [-0.2, 0) is 5.60 Å². The van der Waals surface area contributed by atoms with Crippen LogP contribution in [0.25, 0.3) is 0 Å². The molecule has 0 aliphatic rings. The monoisotopic (exact) mass is 249 g/mol. The predicted molar refractivity (Wildman–Crippen MR) is 55.5 cm³/mol. The van der Waals surface area contributed by atoms with Gasteiger partial charge in [0.2, 0.25) is 0 Å². The van der Waals surface area contributed by atoms with Gasteiger partial charge in [-0.05, 0) is 36.0 Å². The molecule has 1 heterocycles. The van der Waals surface area contributed by atoms with E-state index in [2.05, 4.69) is 21.2 Å². The second-order valence-electron chi connectivity index (χ2n) is 2.93. The molecule has 12 heavy (non-hydrogen) atoms. The van der Waals surface area contributed by atoms with E-state index >= 15 is 0 Å². The molecular formula is C8H12BrNOS. The normalized spacial score (nSPS) is 16.0. The average Bonchev–Trinajstić information content (AvgIpc) is 2.36. The van der Waals surface area contributed by atoms with Gasteiger partial charge in [-0.1, -0.05) is 0 Å². The molecule has 0 radical (unpaired) electrons. The molecular weight excluding hydrogens is 238 g/mol. The molecule has 1 unspecified atom stereocenters. The van der Waals surface area contributed by atoms with Gasteiger partial charge in [-0.15, -0.1) is 11.3 Å². The smallest absolute Gasteiger partial charge is 0.108 e. The van der Waals surface area contributed by atoms with E-state index in [0.29, 0.717) is 6.54 Å². The highest BCUT2D eigenvalue weighted by atomic mass is 79.9. The van der Waals surface area contributed by atoms with Crippen molar-refractivity contribution in [1.29, 1.82) is 0 Å². The highest BCUT2D eigenvalue weighted by Gasteiger charge is 2.23. The first-order chi connectivity index (χ1) is 5.56. The number of thiophene rings is 1. The molecule has 1 aromatic rings. The summed E-state index contributed by atoms with van der Waals surface area (Å²) >= 11 is 4.91. The Hall–Kier alpha value is 0.1000. The van der Waals surface area contributed by atoms with Crippen molar-refractivity contribution < 1.29 is 5.11 Å². The van der Waals surface area contributed by atoms with Crippen molar-refractivity contribution in [2.45, 2.75) is 12.5 Å². The molecule has 0 bridgehead atoms. The minimum absolute atomic E-state index is 0.569. The van der Waals surface area contributed by atoms with Crippen molar-refractivity contribution in [3.05, 3.63) is 20.8 Å². The zero-order valence-corrected chi connectivity index (χ0v) is 9.50. The number of aliphatic hydroxyl groups is 1. The van der Waals surface area contributed by atoms with Crippen LogP contribution in [0.3, 0.4) is 0 Å². The Morgan fingerprint density at radius 3 is 2.83 bits per heavy atom. The summed E-state index contributed by atoms with van der Waals surface area (Å²) in [5.74, 6) is 0. The third-order valence-corrected chi connectivity index (χ3v) is 3.56. The molecule has 1 rings (SSSR count). The van der Waals surface area contributed by atoms with Crippen molar-refractivity contribution in [1.82, 2.24) is 5.32 Å². The fourth-order valence-electron chi connectivity index (χ4n) is 1.03. The first-order valence-electron chi connectivity index (χ1n) is 3.68. The Morgan fingerprint density at radius 2 is 2.42 bits per heavy atom. The van der Waals surface area contributed by atoms with E-state index in [-0.39, 0.29) is 0 Å². The van der Waals surface area contributed by atoms with Gasteiger partial charge in [0.05, 0.1) is 0 Å². The first kappa shape index (κ1) is 10.2. The van der Waals surface area contributed by atoms with Gasteiger partial charge >= 0.3 is 0 Å². The summed E-state index contributed by atoms with van der Waals surface area (Å²) in [5, 5.41) is 14.9. The Balaban J connectivity index is 2.81. The molecule has 1 aromatic heterocycles. The molecule has 0 aliphatic heterocycles. The summed E-state index contributed by atoms with van der Waals surface area (Å²) in [6.45, 7) is 2.38. The quantitative estimate of drug-likeness (QED) is 0.859. The average molecular weight is 250 g/mol. The second-order valence-corrected chi connectivity index (χ2v) is 4.76. The molecule has 0 spiro atoms. The number of hydrogen-bond donors (Lipinski definition) is 2. The van der Waals surface area contributed by atoms with E-state index in [1.807, 2.05) is 25.4 Å². The number of nitrogens with one attached hydrogen (secondary N) is 1. The Labute approximate surface area is 84.7 Å². The van der Waals surface area contributed by atoms with E-state index in [1.165, 1.54) is 0 Å². The van der Waals surface area contributed by atoms with Crippen molar-refractivity contribution in [3.63, 3.8) is 0 Å². The maximum atomic E-state index is 9.93. The molecule has 0 fully saturated rings. The largest absolute Gasteiger partial charge is 0.383 e. The lowest BCUT2D eigenvalue weighted by Crippen LogP contribution is -2.32. The zero-order valence-electron chi connectivity index (χ0n) is 7.10. The van der Waals surface area contributed by atoms with Crippen LogP contribution in [0.2, 0.25) is 0 Å². The van der Waals surface area contributed by atoms with Gasteiger partial charge < -0.3 is 10.4 Å². The molecule has 0 amide bonds. The van der Waals surface area contributed by atoms with Gasteiger partial charge in [-0.25, -0.2) is 0 Å². The van der Waals surface area contributed by atoms with E-state index in [0.717, 1.165) is 9.35 Å². The maximum absolute atomic E-state index is 9.93. The number of likely N-dealkylation sites (N-methyl/N-ethyl adjacent to an activating group) is 1. The van der Waals surface area contributed by atoms with Crippen LogP contribution in [-0.4, -0.2) is 18.7 Å². The van der Waals surface area contributed by atoms with E-state index in [9.17, 15) is 5.11 Å². The van der Waals surface area contributed by atoms with Crippen LogP contribution in [0.1, 0.15) is 11.8 Å². The summed E-state index contributed by atoms with van der Waals surface area (Å²) in [6, 6.07) is 1.95. The molecule has 0 saturated carbocycles. The minimum Gasteiger partial charge on any atom is -0.383 e. The molecule has 4 heteroatoms. The Bertz CT molecular complexity index is 259. The van der Waals surface area contributed by atoms with Crippen molar-refractivity contribution in [3.8, 4) is 0 Å². The molecule has 2 nitrogen and oxygen atoms in total. The third kappa shape index (κ3) is 2.29. The second kappa shape index (κ2) is 3.87. The van der Waals surface area contributed by atoms with Crippen LogP contribution in [0.4, 0.5) is 0 Å². The van der Waals surface area contributed by atoms with Crippen LogP contribution in [0.15, 0.2) is 15.9 Å². The summed E-state index contributed by atoms with van der Waals surface area (Å²) in [5.41, 5.74) is -0.758.